The lowest BCUT2D eigenvalue weighted by Gasteiger charge is -2.15. The first-order chi connectivity index (χ1) is 13.1. The highest BCUT2D eigenvalue weighted by molar-refractivity contribution is 9.10. The molecular weight excluding hydrogens is 470 g/mol. The Morgan fingerprint density at radius 1 is 1.21 bits per heavy atom. The maximum Gasteiger partial charge on any atom is 0.243 e. The number of carbonyl (C=O) groups excluding carboxylic acids is 1. The van der Waals surface area contributed by atoms with Crippen molar-refractivity contribution in [1.29, 1.82) is 0 Å². The molecule has 0 aliphatic rings. The van der Waals surface area contributed by atoms with Gasteiger partial charge in [-0.2, -0.15) is 0 Å². The molecule has 0 unspecified atom stereocenters. The van der Waals surface area contributed by atoms with E-state index in [0.717, 1.165) is 4.31 Å². The van der Waals surface area contributed by atoms with E-state index in [0.29, 0.717) is 33.2 Å². The molecule has 28 heavy (non-hydrogen) atoms. The van der Waals surface area contributed by atoms with E-state index in [4.69, 9.17) is 16.3 Å². The second kappa shape index (κ2) is 9.60. The molecule has 0 aliphatic carbocycles. The molecule has 2 aromatic rings. The van der Waals surface area contributed by atoms with E-state index in [-0.39, 0.29) is 17.3 Å². The van der Waals surface area contributed by atoms with Crippen molar-refractivity contribution >= 4 is 54.8 Å². The summed E-state index contributed by atoms with van der Waals surface area (Å²) in [6.07, 6.45) is 0. The second-order valence-electron chi connectivity index (χ2n) is 5.91. The van der Waals surface area contributed by atoms with Gasteiger partial charge in [-0.25, -0.2) is 12.7 Å². The van der Waals surface area contributed by atoms with Crippen LogP contribution >= 0.6 is 27.5 Å². The maximum absolute atomic E-state index is 12.2. The predicted octanol–water partition coefficient (Wildman–Crippen LogP) is 3.80. The average Bonchev–Trinajstić information content (AvgIpc) is 2.62. The molecule has 10 heteroatoms. The Hall–Kier alpha value is -1.81. The van der Waals surface area contributed by atoms with Gasteiger partial charge in [0.15, 0.2) is 5.75 Å². The molecule has 0 heterocycles. The molecular formula is C18H21BrClN3O4S. The van der Waals surface area contributed by atoms with Crippen molar-refractivity contribution in [2.45, 2.75) is 11.8 Å². The summed E-state index contributed by atoms with van der Waals surface area (Å²) < 4.78 is 31.5. The van der Waals surface area contributed by atoms with E-state index in [9.17, 15) is 13.2 Å². The zero-order chi connectivity index (χ0) is 20.9. The first-order valence-electron chi connectivity index (χ1n) is 8.33. The molecule has 0 radical (unpaired) electrons. The summed E-state index contributed by atoms with van der Waals surface area (Å²) in [5.74, 6) is 0.264. The fraction of sp³-hybridized carbons (Fsp3) is 0.278. The number of anilines is 2. The number of nitrogens with one attached hydrogen (secondary N) is 2. The molecule has 152 valence electrons. The lowest BCUT2D eigenvalue weighted by atomic mass is 10.3. The molecule has 7 nitrogen and oxygen atoms in total. The first-order valence-corrected chi connectivity index (χ1v) is 10.9. The fourth-order valence-corrected chi connectivity index (χ4v) is 4.11. The van der Waals surface area contributed by atoms with Gasteiger partial charge >= 0.3 is 0 Å². The quantitative estimate of drug-likeness (QED) is 0.588. The molecule has 0 saturated heterocycles. The molecule has 2 aromatic carbocycles. The van der Waals surface area contributed by atoms with Gasteiger partial charge in [-0.3, -0.25) is 4.79 Å². The van der Waals surface area contributed by atoms with Gasteiger partial charge in [-0.05, 0) is 59.3 Å². The van der Waals surface area contributed by atoms with Crippen molar-refractivity contribution in [2.24, 2.45) is 0 Å². The Kier molecular flexibility index (Phi) is 7.70. The van der Waals surface area contributed by atoms with Crippen LogP contribution in [-0.4, -0.2) is 45.9 Å². The summed E-state index contributed by atoms with van der Waals surface area (Å²) in [4.78, 5) is 12.4. The van der Waals surface area contributed by atoms with Gasteiger partial charge in [-0.15, -0.1) is 0 Å². The van der Waals surface area contributed by atoms with Crippen LogP contribution in [0.1, 0.15) is 6.92 Å². The van der Waals surface area contributed by atoms with Gasteiger partial charge in [0.1, 0.15) is 0 Å². The van der Waals surface area contributed by atoms with Gasteiger partial charge in [0.2, 0.25) is 15.9 Å². The second-order valence-corrected chi connectivity index (χ2v) is 9.35. The van der Waals surface area contributed by atoms with Crippen molar-refractivity contribution in [3.63, 3.8) is 0 Å². The maximum atomic E-state index is 12.2. The minimum atomic E-state index is -3.51. The van der Waals surface area contributed by atoms with Crippen LogP contribution in [0.2, 0.25) is 5.02 Å². The molecule has 0 atom stereocenters. The van der Waals surface area contributed by atoms with E-state index in [2.05, 4.69) is 26.6 Å². The summed E-state index contributed by atoms with van der Waals surface area (Å²) in [7, 11) is -0.590. The topological polar surface area (TPSA) is 87.7 Å². The van der Waals surface area contributed by atoms with Crippen LogP contribution in [-0.2, 0) is 14.8 Å². The highest BCUT2D eigenvalue weighted by Crippen LogP contribution is 2.36. The van der Waals surface area contributed by atoms with Crippen molar-refractivity contribution in [3.05, 3.63) is 45.9 Å². The lowest BCUT2D eigenvalue weighted by molar-refractivity contribution is -0.114. The summed E-state index contributed by atoms with van der Waals surface area (Å²) in [5.41, 5.74) is 1.07. The van der Waals surface area contributed by atoms with Gasteiger partial charge in [-0.1, -0.05) is 11.6 Å². The van der Waals surface area contributed by atoms with Crippen LogP contribution in [0.3, 0.4) is 0 Å². The van der Waals surface area contributed by atoms with Crippen molar-refractivity contribution in [2.75, 3.05) is 37.9 Å². The van der Waals surface area contributed by atoms with Crippen LogP contribution in [0, 0.1) is 0 Å². The minimum Gasteiger partial charge on any atom is -0.491 e. The highest BCUT2D eigenvalue weighted by atomic mass is 79.9. The number of hydrogen-bond donors (Lipinski definition) is 2. The number of nitrogens with zero attached hydrogens (tertiary/aromatic N) is 1. The summed E-state index contributed by atoms with van der Waals surface area (Å²) in [6.45, 7) is 2.30. The number of carbonyl (C=O) groups is 1. The zero-order valence-electron chi connectivity index (χ0n) is 15.6. The van der Waals surface area contributed by atoms with Crippen molar-refractivity contribution in [3.8, 4) is 5.75 Å². The number of rotatable bonds is 8. The third-order valence-corrected chi connectivity index (χ3v) is 6.29. The van der Waals surface area contributed by atoms with Gasteiger partial charge < -0.3 is 15.4 Å². The number of halogens is 2. The highest BCUT2D eigenvalue weighted by Gasteiger charge is 2.17. The van der Waals surface area contributed by atoms with E-state index >= 15 is 0 Å². The standard InChI is InChI=1S/C18H21BrClN3O4S/c1-4-27-18-15(19)9-12(20)10-16(18)21-11-17(24)22-13-5-7-14(8-6-13)28(25,26)23(2)3/h5-10,21H,4,11H2,1-3H3,(H,22,24). The minimum absolute atomic E-state index is 0.0232. The van der Waals surface area contributed by atoms with Crippen LogP contribution in [0.4, 0.5) is 11.4 Å². The molecule has 0 spiro atoms. The predicted molar refractivity (Wildman–Crippen MR) is 115 cm³/mol. The van der Waals surface area contributed by atoms with Crippen LogP contribution in [0.15, 0.2) is 45.8 Å². The lowest BCUT2D eigenvalue weighted by Crippen LogP contribution is -2.23. The Morgan fingerprint density at radius 2 is 1.86 bits per heavy atom. The monoisotopic (exact) mass is 489 g/mol. The Labute approximate surface area is 178 Å². The fourth-order valence-electron chi connectivity index (χ4n) is 2.28. The van der Waals surface area contributed by atoms with Gasteiger partial charge in [0.25, 0.3) is 0 Å². The Morgan fingerprint density at radius 3 is 2.43 bits per heavy atom. The smallest absolute Gasteiger partial charge is 0.243 e. The summed E-state index contributed by atoms with van der Waals surface area (Å²) in [6, 6.07) is 9.34. The zero-order valence-corrected chi connectivity index (χ0v) is 18.8. The normalized spacial score (nSPS) is 11.4. The third-order valence-electron chi connectivity index (χ3n) is 3.65. The van der Waals surface area contributed by atoms with Gasteiger partial charge in [0.05, 0.1) is 28.2 Å². The third kappa shape index (κ3) is 5.60. The number of sulfonamides is 1. The van der Waals surface area contributed by atoms with E-state index in [1.165, 1.54) is 38.4 Å². The summed E-state index contributed by atoms with van der Waals surface area (Å²) in [5, 5.41) is 6.20. The van der Waals surface area contributed by atoms with Crippen molar-refractivity contribution < 1.29 is 17.9 Å². The van der Waals surface area contributed by atoms with Crippen LogP contribution in [0.5, 0.6) is 5.75 Å². The van der Waals surface area contributed by atoms with Crippen LogP contribution in [0.25, 0.3) is 0 Å². The van der Waals surface area contributed by atoms with Crippen LogP contribution < -0.4 is 15.4 Å². The first kappa shape index (κ1) is 22.5. The average molecular weight is 491 g/mol. The number of hydrogen-bond acceptors (Lipinski definition) is 5. The molecule has 0 bridgehead atoms. The Bertz CT molecular complexity index is 950. The molecule has 0 aromatic heterocycles. The molecule has 0 saturated carbocycles. The largest absolute Gasteiger partial charge is 0.491 e. The molecule has 1 amide bonds. The summed E-state index contributed by atoms with van der Waals surface area (Å²) >= 11 is 9.45. The SMILES string of the molecule is CCOc1c(Br)cc(Cl)cc1NCC(=O)Nc1ccc(S(=O)(=O)N(C)C)cc1. The number of amides is 1. The molecule has 0 aliphatic heterocycles. The molecule has 2 rings (SSSR count). The Balaban J connectivity index is 2.04. The van der Waals surface area contributed by atoms with E-state index < -0.39 is 10.0 Å². The van der Waals surface area contributed by atoms with E-state index in [1.807, 2.05) is 6.92 Å². The number of benzene rings is 2. The van der Waals surface area contributed by atoms with Gasteiger partial charge in [0, 0.05) is 24.8 Å². The molecule has 0 fully saturated rings. The van der Waals surface area contributed by atoms with E-state index in [1.54, 1.807) is 12.1 Å². The number of ether oxygens (including phenoxy) is 1. The van der Waals surface area contributed by atoms with Crippen molar-refractivity contribution in [1.82, 2.24) is 4.31 Å². The molecule has 2 N–H and O–H groups in total.